The molecule has 3 rings (SSSR count). The van der Waals surface area contributed by atoms with Gasteiger partial charge in [-0.25, -0.2) is 4.39 Å². The first-order valence-corrected chi connectivity index (χ1v) is 6.41. The van der Waals surface area contributed by atoms with Gasteiger partial charge in [-0.05, 0) is 42.5 Å². The predicted octanol–water partition coefficient (Wildman–Crippen LogP) is 4.57. The molecule has 1 heterocycles. The van der Waals surface area contributed by atoms with Crippen molar-refractivity contribution in [3.05, 3.63) is 70.1 Å². The monoisotopic (exact) mass is 318 g/mol. The summed E-state index contributed by atoms with van der Waals surface area (Å²) >= 11 is 3.36. The fourth-order valence-corrected chi connectivity index (χ4v) is 2.30. The highest BCUT2D eigenvalue weighted by Gasteiger charge is 2.15. The number of fused-ring (bicyclic) bond motifs is 1. The third kappa shape index (κ3) is 2.19. The second-order valence-electron chi connectivity index (χ2n) is 4.13. The number of hydrogen-bond acceptors (Lipinski definition) is 2. The number of hydrogen-bond donors (Lipinski definition) is 0. The molecular weight excluding hydrogens is 311 g/mol. The molecule has 0 atom stereocenters. The molecule has 0 aliphatic rings. The summed E-state index contributed by atoms with van der Waals surface area (Å²) in [4.78, 5) is 12.3. The Balaban J connectivity index is 2.11. The van der Waals surface area contributed by atoms with Crippen LogP contribution in [0.5, 0.6) is 0 Å². The summed E-state index contributed by atoms with van der Waals surface area (Å²) in [6.07, 6.45) is 1.43. The molecule has 0 aliphatic carbocycles. The average Bonchev–Trinajstić information content (AvgIpc) is 2.81. The van der Waals surface area contributed by atoms with Crippen molar-refractivity contribution in [2.45, 2.75) is 0 Å². The molecule has 19 heavy (non-hydrogen) atoms. The third-order valence-corrected chi connectivity index (χ3v) is 3.38. The van der Waals surface area contributed by atoms with Crippen LogP contribution in [0.15, 0.2) is 57.6 Å². The van der Waals surface area contributed by atoms with E-state index < -0.39 is 0 Å². The van der Waals surface area contributed by atoms with Crippen molar-refractivity contribution in [2.75, 3.05) is 0 Å². The molecule has 3 aromatic rings. The molecule has 0 N–H and O–H groups in total. The third-order valence-electron chi connectivity index (χ3n) is 2.89. The lowest BCUT2D eigenvalue weighted by Gasteiger charge is -1.99. The molecule has 0 amide bonds. The van der Waals surface area contributed by atoms with Gasteiger partial charge in [-0.3, -0.25) is 4.79 Å². The van der Waals surface area contributed by atoms with E-state index in [1.165, 1.54) is 30.5 Å². The molecule has 0 aliphatic heterocycles. The number of halogens is 2. The van der Waals surface area contributed by atoms with Crippen LogP contribution in [0.4, 0.5) is 4.39 Å². The van der Waals surface area contributed by atoms with Crippen molar-refractivity contribution >= 4 is 32.7 Å². The molecule has 0 unspecified atom stereocenters. The minimum absolute atomic E-state index is 0.183. The standard InChI is InChI=1S/C15H8BrFO2/c16-10-3-6-14-12(7-10)13(8-19-14)15(18)9-1-4-11(17)5-2-9/h1-8H. The minimum atomic E-state index is -0.364. The SMILES string of the molecule is O=C(c1ccc(F)cc1)c1coc2ccc(Br)cc12. The molecular formula is C15H8BrFO2. The maximum atomic E-state index is 12.9. The molecule has 0 radical (unpaired) electrons. The first-order valence-electron chi connectivity index (χ1n) is 5.62. The van der Waals surface area contributed by atoms with Gasteiger partial charge in [0.05, 0.1) is 5.56 Å². The van der Waals surface area contributed by atoms with Crippen LogP contribution in [-0.4, -0.2) is 5.78 Å². The zero-order chi connectivity index (χ0) is 13.4. The topological polar surface area (TPSA) is 30.2 Å². The van der Waals surface area contributed by atoms with Crippen LogP contribution < -0.4 is 0 Å². The van der Waals surface area contributed by atoms with Gasteiger partial charge in [0, 0.05) is 15.4 Å². The molecule has 0 spiro atoms. The summed E-state index contributed by atoms with van der Waals surface area (Å²) < 4.78 is 19.1. The molecule has 4 heteroatoms. The van der Waals surface area contributed by atoms with Crippen LogP contribution in [0.1, 0.15) is 15.9 Å². The lowest BCUT2D eigenvalue weighted by Crippen LogP contribution is -2.00. The van der Waals surface area contributed by atoms with E-state index in [2.05, 4.69) is 15.9 Å². The number of carbonyl (C=O) groups excluding carboxylic acids is 1. The molecule has 0 saturated heterocycles. The summed E-state index contributed by atoms with van der Waals surface area (Å²) in [5.41, 5.74) is 1.56. The number of ketones is 1. The van der Waals surface area contributed by atoms with Gasteiger partial charge in [0.15, 0.2) is 5.78 Å². The van der Waals surface area contributed by atoms with Crippen LogP contribution >= 0.6 is 15.9 Å². The lowest BCUT2D eigenvalue weighted by molar-refractivity contribution is 0.103. The number of benzene rings is 2. The van der Waals surface area contributed by atoms with Crippen LogP contribution in [0.3, 0.4) is 0 Å². The number of rotatable bonds is 2. The first-order chi connectivity index (χ1) is 9.15. The Morgan fingerprint density at radius 3 is 2.58 bits per heavy atom. The number of carbonyl (C=O) groups is 1. The van der Waals surface area contributed by atoms with Gasteiger partial charge >= 0.3 is 0 Å². The van der Waals surface area contributed by atoms with E-state index in [4.69, 9.17) is 4.42 Å². The van der Waals surface area contributed by atoms with E-state index in [0.717, 1.165) is 9.86 Å². The van der Waals surface area contributed by atoms with Crippen molar-refractivity contribution in [3.63, 3.8) is 0 Å². The summed E-state index contributed by atoms with van der Waals surface area (Å²) in [7, 11) is 0. The van der Waals surface area contributed by atoms with Crippen LogP contribution in [0.25, 0.3) is 11.0 Å². The van der Waals surface area contributed by atoms with Crippen molar-refractivity contribution < 1.29 is 13.6 Å². The smallest absolute Gasteiger partial charge is 0.196 e. The number of furan rings is 1. The van der Waals surface area contributed by atoms with E-state index in [1.54, 1.807) is 6.07 Å². The van der Waals surface area contributed by atoms with E-state index in [0.29, 0.717) is 16.7 Å². The van der Waals surface area contributed by atoms with Crippen molar-refractivity contribution in [3.8, 4) is 0 Å². The molecule has 1 aromatic heterocycles. The summed E-state index contributed by atoms with van der Waals surface area (Å²) in [6.45, 7) is 0. The average molecular weight is 319 g/mol. The quantitative estimate of drug-likeness (QED) is 0.648. The van der Waals surface area contributed by atoms with Crippen molar-refractivity contribution in [1.82, 2.24) is 0 Å². The zero-order valence-electron chi connectivity index (χ0n) is 9.69. The highest BCUT2D eigenvalue weighted by molar-refractivity contribution is 9.10. The predicted molar refractivity (Wildman–Crippen MR) is 73.7 cm³/mol. The Hall–Kier alpha value is -1.94. The molecule has 2 aromatic carbocycles. The summed E-state index contributed by atoms with van der Waals surface area (Å²) in [5.74, 6) is -0.548. The van der Waals surface area contributed by atoms with Gasteiger partial charge in [0.1, 0.15) is 17.7 Å². The van der Waals surface area contributed by atoms with Crippen LogP contribution in [0.2, 0.25) is 0 Å². The Morgan fingerprint density at radius 1 is 1.11 bits per heavy atom. The molecule has 2 nitrogen and oxygen atoms in total. The van der Waals surface area contributed by atoms with Crippen LogP contribution in [0, 0.1) is 5.82 Å². The Labute approximate surface area is 117 Å². The van der Waals surface area contributed by atoms with Crippen LogP contribution in [-0.2, 0) is 0 Å². The van der Waals surface area contributed by atoms with E-state index in [9.17, 15) is 9.18 Å². The normalized spacial score (nSPS) is 10.8. The highest BCUT2D eigenvalue weighted by atomic mass is 79.9. The van der Waals surface area contributed by atoms with Gasteiger partial charge in [0.25, 0.3) is 0 Å². The fourth-order valence-electron chi connectivity index (χ4n) is 1.93. The Bertz CT molecular complexity index is 759. The van der Waals surface area contributed by atoms with E-state index in [-0.39, 0.29) is 11.6 Å². The largest absolute Gasteiger partial charge is 0.464 e. The van der Waals surface area contributed by atoms with Gasteiger partial charge in [0.2, 0.25) is 0 Å². The Kier molecular flexibility index (Phi) is 2.95. The summed E-state index contributed by atoms with van der Waals surface area (Å²) in [5, 5.41) is 0.740. The molecule has 0 saturated carbocycles. The van der Waals surface area contributed by atoms with Crippen molar-refractivity contribution in [2.24, 2.45) is 0 Å². The first kappa shape index (κ1) is 12.1. The van der Waals surface area contributed by atoms with Gasteiger partial charge in [-0.2, -0.15) is 0 Å². The molecule has 0 fully saturated rings. The lowest BCUT2D eigenvalue weighted by atomic mass is 10.0. The van der Waals surface area contributed by atoms with Gasteiger partial charge in [-0.1, -0.05) is 15.9 Å². The maximum absolute atomic E-state index is 12.9. The molecule has 94 valence electrons. The second kappa shape index (κ2) is 4.63. The Morgan fingerprint density at radius 2 is 1.84 bits per heavy atom. The fraction of sp³-hybridized carbons (Fsp3) is 0. The van der Waals surface area contributed by atoms with Gasteiger partial charge in [-0.15, -0.1) is 0 Å². The molecule has 0 bridgehead atoms. The minimum Gasteiger partial charge on any atom is -0.464 e. The zero-order valence-corrected chi connectivity index (χ0v) is 11.3. The van der Waals surface area contributed by atoms with E-state index in [1.807, 2.05) is 12.1 Å². The summed E-state index contributed by atoms with van der Waals surface area (Å²) in [6, 6.07) is 10.9. The van der Waals surface area contributed by atoms with E-state index >= 15 is 0 Å². The second-order valence-corrected chi connectivity index (χ2v) is 5.04. The highest BCUT2D eigenvalue weighted by Crippen LogP contribution is 2.26. The maximum Gasteiger partial charge on any atom is 0.196 e. The van der Waals surface area contributed by atoms with Gasteiger partial charge < -0.3 is 4.42 Å². The van der Waals surface area contributed by atoms with Crippen molar-refractivity contribution in [1.29, 1.82) is 0 Å².